The van der Waals surface area contributed by atoms with Crippen LogP contribution in [-0.2, 0) is 11.3 Å². The topological polar surface area (TPSA) is 43.9 Å². The molecule has 0 radical (unpaired) electrons. The molecule has 3 saturated heterocycles. The third-order valence-corrected chi connectivity index (χ3v) is 10.3. The van der Waals surface area contributed by atoms with Gasteiger partial charge in [0.1, 0.15) is 0 Å². The summed E-state index contributed by atoms with van der Waals surface area (Å²) in [5, 5.41) is 1.98. The van der Waals surface area contributed by atoms with Crippen molar-refractivity contribution in [1.29, 1.82) is 0 Å². The first-order chi connectivity index (χ1) is 18.5. The number of hydrogen-bond acceptors (Lipinski definition) is 4. The number of carbonyl (C=O) groups excluding carboxylic acids is 2. The van der Waals surface area contributed by atoms with Gasteiger partial charge in [-0.15, -0.1) is 11.3 Å². The average molecular weight is 593 g/mol. The van der Waals surface area contributed by atoms with Crippen molar-refractivity contribution in [3.8, 4) is 0 Å². The van der Waals surface area contributed by atoms with E-state index in [-0.39, 0.29) is 11.3 Å². The molecule has 7 heteroatoms. The van der Waals surface area contributed by atoms with Gasteiger partial charge in [0.05, 0.1) is 10.3 Å². The van der Waals surface area contributed by atoms with Crippen LogP contribution < -0.4 is 0 Å². The van der Waals surface area contributed by atoms with E-state index >= 15 is 0 Å². The molecule has 2 atom stereocenters. The molecule has 3 aliphatic heterocycles. The molecule has 1 spiro atoms. The molecule has 2 aromatic carbocycles. The smallest absolute Gasteiger partial charge is 0.263 e. The molecule has 0 aliphatic carbocycles. The van der Waals surface area contributed by atoms with Gasteiger partial charge in [-0.25, -0.2) is 0 Å². The minimum absolute atomic E-state index is 0.156. The molecule has 38 heavy (non-hydrogen) atoms. The maximum Gasteiger partial charge on any atom is 0.263 e. The lowest BCUT2D eigenvalue weighted by molar-refractivity contribution is -0.139. The van der Waals surface area contributed by atoms with E-state index in [4.69, 9.17) is 0 Å². The lowest BCUT2D eigenvalue weighted by Crippen LogP contribution is -2.46. The van der Waals surface area contributed by atoms with Gasteiger partial charge >= 0.3 is 0 Å². The average Bonchev–Trinajstić information content (AvgIpc) is 3.69. The summed E-state index contributed by atoms with van der Waals surface area (Å²) in [6, 6.07) is 22.9. The van der Waals surface area contributed by atoms with Gasteiger partial charge in [0.25, 0.3) is 5.91 Å². The summed E-state index contributed by atoms with van der Waals surface area (Å²) in [4.78, 5) is 34.2. The maximum absolute atomic E-state index is 13.5. The number of amides is 2. The van der Waals surface area contributed by atoms with Crippen LogP contribution in [0.25, 0.3) is 0 Å². The standard InChI is InChI=1S/C31H34BrN3O2S/c32-26-10-8-23(9-11-26)19-34-17-14-31(30(34)37)12-15-33(16-13-31)20-25-21-35(29(36)28-7-4-18-38-28)22-27(25)24-5-2-1-3-6-24/h1-11,18,25,27H,12-17,19-22H2/t25-,27+/m0/s1. The van der Waals surface area contributed by atoms with Crippen LogP contribution in [0.4, 0.5) is 0 Å². The molecule has 0 unspecified atom stereocenters. The molecule has 0 bridgehead atoms. The summed E-state index contributed by atoms with van der Waals surface area (Å²) < 4.78 is 1.06. The lowest BCUT2D eigenvalue weighted by atomic mass is 9.76. The molecule has 3 aromatic rings. The summed E-state index contributed by atoms with van der Waals surface area (Å²) in [5.74, 6) is 1.23. The number of nitrogens with zero attached hydrogens (tertiary/aromatic N) is 3. The summed E-state index contributed by atoms with van der Waals surface area (Å²) in [6.45, 7) is 5.99. The fourth-order valence-electron chi connectivity index (χ4n) is 6.67. The highest BCUT2D eigenvalue weighted by Crippen LogP contribution is 2.43. The van der Waals surface area contributed by atoms with Crippen molar-refractivity contribution in [3.63, 3.8) is 0 Å². The maximum atomic E-state index is 13.5. The Labute approximate surface area is 237 Å². The molecular weight excluding hydrogens is 558 g/mol. The Kier molecular flexibility index (Phi) is 7.43. The number of benzene rings is 2. The minimum atomic E-state index is -0.193. The van der Waals surface area contributed by atoms with Crippen molar-refractivity contribution in [2.24, 2.45) is 11.3 Å². The van der Waals surface area contributed by atoms with Crippen LogP contribution in [0.15, 0.2) is 76.6 Å². The predicted octanol–water partition coefficient (Wildman–Crippen LogP) is 5.88. The quantitative estimate of drug-likeness (QED) is 0.359. The van der Waals surface area contributed by atoms with Crippen molar-refractivity contribution < 1.29 is 9.59 Å². The predicted molar refractivity (Wildman–Crippen MR) is 155 cm³/mol. The first-order valence-corrected chi connectivity index (χ1v) is 15.3. The first-order valence-electron chi connectivity index (χ1n) is 13.6. The van der Waals surface area contributed by atoms with Crippen molar-refractivity contribution >= 4 is 39.1 Å². The number of likely N-dealkylation sites (tertiary alicyclic amines) is 3. The van der Waals surface area contributed by atoms with Gasteiger partial charge < -0.3 is 14.7 Å². The number of piperidine rings is 1. The fraction of sp³-hybridized carbons (Fsp3) is 0.419. The van der Waals surface area contributed by atoms with Crippen molar-refractivity contribution in [2.45, 2.75) is 31.7 Å². The minimum Gasteiger partial charge on any atom is -0.338 e. The van der Waals surface area contributed by atoms with E-state index in [2.05, 4.69) is 73.1 Å². The van der Waals surface area contributed by atoms with E-state index < -0.39 is 0 Å². The van der Waals surface area contributed by atoms with Gasteiger partial charge in [-0.3, -0.25) is 9.59 Å². The van der Waals surface area contributed by atoms with Gasteiger partial charge in [-0.05, 0) is 73.0 Å². The summed E-state index contributed by atoms with van der Waals surface area (Å²) in [7, 11) is 0. The van der Waals surface area contributed by atoms with E-state index in [1.165, 1.54) is 22.5 Å². The second kappa shape index (κ2) is 10.9. The monoisotopic (exact) mass is 591 g/mol. The highest BCUT2D eigenvalue weighted by Gasteiger charge is 2.48. The zero-order chi connectivity index (χ0) is 26.1. The third kappa shape index (κ3) is 5.21. The number of hydrogen-bond donors (Lipinski definition) is 0. The molecule has 2 amide bonds. The molecule has 1 aromatic heterocycles. The lowest BCUT2D eigenvalue weighted by Gasteiger charge is -2.39. The van der Waals surface area contributed by atoms with Crippen LogP contribution in [0.3, 0.4) is 0 Å². The Bertz CT molecular complexity index is 1260. The Morgan fingerprint density at radius 2 is 1.66 bits per heavy atom. The van der Waals surface area contributed by atoms with Crippen LogP contribution in [0, 0.1) is 11.3 Å². The highest BCUT2D eigenvalue weighted by atomic mass is 79.9. The van der Waals surface area contributed by atoms with Gasteiger partial charge in [-0.1, -0.05) is 64.5 Å². The number of rotatable bonds is 6. The van der Waals surface area contributed by atoms with E-state index in [9.17, 15) is 9.59 Å². The second-order valence-electron chi connectivity index (χ2n) is 11.1. The normalized spacial score (nSPS) is 23.4. The zero-order valence-electron chi connectivity index (χ0n) is 21.6. The molecule has 0 N–H and O–H groups in total. The van der Waals surface area contributed by atoms with Crippen LogP contribution >= 0.6 is 27.3 Å². The SMILES string of the molecule is O=C(c1cccs1)N1C[C@H](CN2CCC3(CC2)CCN(Cc2ccc(Br)cc2)C3=O)[C@@H](c2ccccc2)C1. The molecule has 198 valence electrons. The van der Waals surface area contributed by atoms with E-state index in [0.29, 0.717) is 24.3 Å². The summed E-state index contributed by atoms with van der Waals surface area (Å²) in [6.07, 6.45) is 2.84. The van der Waals surface area contributed by atoms with Crippen LogP contribution in [0.5, 0.6) is 0 Å². The van der Waals surface area contributed by atoms with Gasteiger partial charge in [0.15, 0.2) is 0 Å². The first kappa shape index (κ1) is 25.8. The number of halogens is 1. The molecule has 5 nitrogen and oxygen atoms in total. The van der Waals surface area contributed by atoms with Crippen LogP contribution in [0.1, 0.15) is 46.0 Å². The number of thiophene rings is 1. The second-order valence-corrected chi connectivity index (χ2v) is 13.0. The van der Waals surface area contributed by atoms with Crippen molar-refractivity contribution in [2.75, 3.05) is 39.3 Å². The van der Waals surface area contributed by atoms with E-state index in [1.807, 2.05) is 29.6 Å². The molecule has 4 heterocycles. The molecule has 3 fully saturated rings. The van der Waals surface area contributed by atoms with Gasteiger partial charge in [0.2, 0.25) is 5.91 Å². The Morgan fingerprint density at radius 1 is 0.921 bits per heavy atom. The molecule has 3 aliphatic rings. The zero-order valence-corrected chi connectivity index (χ0v) is 24.0. The van der Waals surface area contributed by atoms with Gasteiger partial charge in [0, 0.05) is 43.1 Å². The van der Waals surface area contributed by atoms with Gasteiger partial charge in [-0.2, -0.15) is 0 Å². The Balaban J connectivity index is 1.09. The third-order valence-electron chi connectivity index (χ3n) is 8.88. The molecule has 6 rings (SSSR count). The van der Waals surface area contributed by atoms with Crippen LogP contribution in [-0.4, -0.2) is 65.8 Å². The largest absolute Gasteiger partial charge is 0.338 e. The molecule has 0 saturated carbocycles. The Hall–Kier alpha value is -2.48. The van der Waals surface area contributed by atoms with E-state index in [1.54, 1.807) is 0 Å². The highest BCUT2D eigenvalue weighted by molar-refractivity contribution is 9.10. The van der Waals surface area contributed by atoms with Crippen molar-refractivity contribution in [3.05, 3.63) is 92.6 Å². The summed E-state index contributed by atoms with van der Waals surface area (Å²) >= 11 is 5.02. The van der Waals surface area contributed by atoms with E-state index in [0.717, 1.165) is 67.9 Å². The molecular formula is C31H34BrN3O2S. The Morgan fingerprint density at radius 3 is 2.37 bits per heavy atom. The fourth-order valence-corrected chi connectivity index (χ4v) is 7.62. The summed E-state index contributed by atoms with van der Waals surface area (Å²) in [5.41, 5.74) is 2.31. The number of carbonyl (C=O) groups is 2. The van der Waals surface area contributed by atoms with Crippen molar-refractivity contribution in [1.82, 2.24) is 14.7 Å². The van der Waals surface area contributed by atoms with Crippen LogP contribution in [0.2, 0.25) is 0 Å².